The van der Waals surface area contributed by atoms with Crippen molar-refractivity contribution >= 4 is 31.5 Å². The van der Waals surface area contributed by atoms with Crippen LogP contribution in [-0.4, -0.2) is 15.0 Å². The van der Waals surface area contributed by atoms with Gasteiger partial charge in [-0.05, 0) is 97.1 Å². The molecule has 0 radical (unpaired) electrons. The average molecular weight is 836 g/mol. The van der Waals surface area contributed by atoms with Crippen LogP contribution in [0.4, 0.5) is 0 Å². The van der Waals surface area contributed by atoms with E-state index >= 15 is 0 Å². The van der Waals surface area contributed by atoms with Gasteiger partial charge in [-0.25, -0.2) is 15.0 Å². The fourth-order valence-corrected chi connectivity index (χ4v) is 12.0. The van der Waals surface area contributed by atoms with E-state index in [0.717, 1.165) is 22.3 Å². The standard InChI is InChI=1S/C60H41N3S/c1-60(2)51-26-11-10-23-47(51)55-48(25-13-27-52(55)60)59-62-57(36-15-4-3-5-16-36)61-58(63-59)40-18-12-17-39(33-40)41-24-14-28-54-56(41)50-35-38(30-32-53(50)64-54)37-29-31-46-44-21-7-6-19-42(44)43-20-8-9-22-45(43)49(46)34-37/h3-35,43,45H,1-2H3. The number of nitrogens with zero attached hydrogens (tertiary/aromatic N) is 3. The maximum Gasteiger partial charge on any atom is 0.164 e. The van der Waals surface area contributed by atoms with E-state index in [2.05, 4.69) is 196 Å². The molecule has 3 aliphatic rings. The van der Waals surface area contributed by atoms with Gasteiger partial charge in [0.05, 0.1) is 0 Å². The first-order valence-electron chi connectivity index (χ1n) is 22.2. The SMILES string of the molecule is CC1(C)c2ccccc2-c2c(-c3nc(-c4ccccc4)nc(-c4cccc(-c5cccc6sc7ccc(-c8ccc9c(c8)C8C=CC=CC8c8ccccc8-9)cc7c56)c4)n3)cccc21. The molecule has 2 aromatic heterocycles. The molecule has 0 spiro atoms. The van der Waals surface area contributed by atoms with E-state index in [1.807, 2.05) is 29.5 Å². The maximum absolute atomic E-state index is 5.32. The van der Waals surface area contributed by atoms with Crippen LogP contribution in [0.1, 0.15) is 47.9 Å². The van der Waals surface area contributed by atoms with Crippen LogP contribution in [0.15, 0.2) is 200 Å². The number of aromatic nitrogens is 3. The zero-order chi connectivity index (χ0) is 42.5. The van der Waals surface area contributed by atoms with Crippen LogP contribution in [0.2, 0.25) is 0 Å². The van der Waals surface area contributed by atoms with Crippen LogP contribution in [0.5, 0.6) is 0 Å². The summed E-state index contributed by atoms with van der Waals surface area (Å²) < 4.78 is 2.55. The summed E-state index contributed by atoms with van der Waals surface area (Å²) in [5.74, 6) is 2.66. The number of hydrogen-bond donors (Lipinski definition) is 0. The first-order valence-corrected chi connectivity index (χ1v) is 23.0. The fraction of sp³-hybridized carbons (Fsp3) is 0.0833. The van der Waals surface area contributed by atoms with Crippen molar-refractivity contribution in [1.29, 1.82) is 0 Å². The molecule has 0 bridgehead atoms. The monoisotopic (exact) mass is 835 g/mol. The van der Waals surface area contributed by atoms with Crippen molar-refractivity contribution in [2.45, 2.75) is 31.1 Å². The Morgan fingerprint density at radius 2 is 1.02 bits per heavy atom. The predicted octanol–water partition coefficient (Wildman–Crippen LogP) is 15.9. The zero-order valence-electron chi connectivity index (χ0n) is 35.5. The molecule has 0 amide bonds. The molecule has 3 aliphatic carbocycles. The van der Waals surface area contributed by atoms with Gasteiger partial charge in [0, 0.05) is 54.1 Å². The molecule has 302 valence electrons. The van der Waals surface area contributed by atoms with Crippen LogP contribution in [0, 0.1) is 0 Å². The van der Waals surface area contributed by atoms with Gasteiger partial charge in [0.1, 0.15) is 0 Å². The van der Waals surface area contributed by atoms with Crippen molar-refractivity contribution in [2.24, 2.45) is 0 Å². The minimum atomic E-state index is -0.135. The van der Waals surface area contributed by atoms with Gasteiger partial charge >= 0.3 is 0 Å². The summed E-state index contributed by atoms with van der Waals surface area (Å²) in [5, 5.41) is 2.55. The molecule has 3 nitrogen and oxygen atoms in total. The molecule has 2 unspecified atom stereocenters. The molecule has 10 aromatic rings. The quantitative estimate of drug-likeness (QED) is 0.173. The summed E-state index contributed by atoms with van der Waals surface area (Å²) in [6.45, 7) is 4.63. The van der Waals surface area contributed by atoms with Crippen LogP contribution < -0.4 is 0 Å². The molecule has 2 heterocycles. The van der Waals surface area contributed by atoms with Crippen molar-refractivity contribution in [3.63, 3.8) is 0 Å². The maximum atomic E-state index is 5.32. The lowest BCUT2D eigenvalue weighted by molar-refractivity contribution is 0.660. The van der Waals surface area contributed by atoms with Gasteiger partial charge in [0.15, 0.2) is 17.5 Å². The van der Waals surface area contributed by atoms with E-state index in [1.165, 1.54) is 81.4 Å². The van der Waals surface area contributed by atoms with Crippen molar-refractivity contribution < 1.29 is 0 Å². The number of fused-ring (bicyclic) bond motifs is 12. The van der Waals surface area contributed by atoms with E-state index in [9.17, 15) is 0 Å². The second kappa shape index (κ2) is 14.2. The lowest BCUT2D eigenvalue weighted by Crippen LogP contribution is -2.16. The fourth-order valence-electron chi connectivity index (χ4n) is 10.9. The molecule has 0 N–H and O–H groups in total. The zero-order valence-corrected chi connectivity index (χ0v) is 36.3. The Hall–Kier alpha value is -7.53. The van der Waals surface area contributed by atoms with Crippen molar-refractivity contribution in [2.75, 3.05) is 0 Å². The van der Waals surface area contributed by atoms with Crippen LogP contribution >= 0.6 is 11.3 Å². The van der Waals surface area contributed by atoms with E-state index in [0.29, 0.717) is 29.3 Å². The van der Waals surface area contributed by atoms with E-state index in [1.54, 1.807) is 0 Å². The van der Waals surface area contributed by atoms with E-state index in [4.69, 9.17) is 15.0 Å². The Morgan fingerprint density at radius 1 is 0.406 bits per heavy atom. The highest BCUT2D eigenvalue weighted by Crippen LogP contribution is 2.53. The molecule has 0 aliphatic heterocycles. The Labute approximate surface area is 376 Å². The summed E-state index contributed by atoms with van der Waals surface area (Å²) in [6, 6.07) is 64.1. The minimum Gasteiger partial charge on any atom is -0.208 e. The van der Waals surface area contributed by atoms with E-state index in [-0.39, 0.29) is 5.41 Å². The third-order valence-corrected chi connectivity index (χ3v) is 15.1. The summed E-state index contributed by atoms with van der Waals surface area (Å²) in [5.41, 5.74) is 18.2. The minimum absolute atomic E-state index is 0.135. The lowest BCUT2D eigenvalue weighted by Gasteiger charge is -2.34. The third-order valence-electron chi connectivity index (χ3n) is 13.9. The molecule has 2 atom stereocenters. The Morgan fingerprint density at radius 3 is 1.89 bits per heavy atom. The molecule has 0 fully saturated rings. The average Bonchev–Trinajstić information content (AvgIpc) is 3.85. The molecule has 4 heteroatoms. The molecular weight excluding hydrogens is 795 g/mol. The Kier molecular flexibility index (Phi) is 8.25. The molecule has 0 saturated carbocycles. The number of hydrogen-bond acceptors (Lipinski definition) is 4. The number of benzene rings is 8. The highest BCUT2D eigenvalue weighted by atomic mass is 32.1. The topological polar surface area (TPSA) is 38.7 Å². The van der Waals surface area contributed by atoms with Crippen molar-refractivity contribution in [1.82, 2.24) is 15.0 Å². The molecular formula is C60H41N3S. The highest BCUT2D eigenvalue weighted by Gasteiger charge is 2.37. The van der Waals surface area contributed by atoms with Gasteiger partial charge in [-0.2, -0.15) is 0 Å². The second-order valence-electron chi connectivity index (χ2n) is 17.9. The lowest BCUT2D eigenvalue weighted by atomic mass is 9.69. The Bertz CT molecular complexity index is 3610. The van der Waals surface area contributed by atoms with Gasteiger partial charge in [-0.1, -0.05) is 184 Å². The van der Waals surface area contributed by atoms with Gasteiger partial charge in [0.2, 0.25) is 0 Å². The van der Waals surface area contributed by atoms with Crippen LogP contribution in [0.25, 0.3) is 98.8 Å². The van der Waals surface area contributed by atoms with Gasteiger partial charge in [-0.15, -0.1) is 11.3 Å². The largest absolute Gasteiger partial charge is 0.208 e. The molecule has 0 saturated heterocycles. The van der Waals surface area contributed by atoms with Gasteiger partial charge in [0.25, 0.3) is 0 Å². The predicted molar refractivity (Wildman–Crippen MR) is 267 cm³/mol. The third kappa shape index (κ3) is 5.69. The number of thiophene rings is 1. The number of allylic oxidation sites excluding steroid dienone is 4. The van der Waals surface area contributed by atoms with Crippen molar-refractivity contribution in [3.05, 3.63) is 222 Å². The van der Waals surface area contributed by atoms with Crippen molar-refractivity contribution in [3.8, 4) is 78.7 Å². The first kappa shape index (κ1) is 37.1. The van der Waals surface area contributed by atoms with E-state index < -0.39 is 0 Å². The Balaban J connectivity index is 0.937. The molecule has 13 rings (SSSR count). The normalized spacial score (nSPS) is 16.3. The second-order valence-corrected chi connectivity index (χ2v) is 18.9. The summed E-state index contributed by atoms with van der Waals surface area (Å²) in [6.07, 6.45) is 9.17. The summed E-state index contributed by atoms with van der Waals surface area (Å²) in [4.78, 5) is 15.7. The highest BCUT2D eigenvalue weighted by molar-refractivity contribution is 7.26. The molecule has 8 aromatic carbocycles. The number of rotatable bonds is 5. The smallest absolute Gasteiger partial charge is 0.164 e. The van der Waals surface area contributed by atoms with Gasteiger partial charge < -0.3 is 0 Å². The summed E-state index contributed by atoms with van der Waals surface area (Å²) >= 11 is 1.86. The van der Waals surface area contributed by atoms with Crippen LogP contribution in [0.3, 0.4) is 0 Å². The first-order chi connectivity index (χ1) is 31.5. The molecule has 64 heavy (non-hydrogen) atoms. The van der Waals surface area contributed by atoms with Crippen LogP contribution in [-0.2, 0) is 5.41 Å². The summed E-state index contributed by atoms with van der Waals surface area (Å²) in [7, 11) is 0. The van der Waals surface area contributed by atoms with Gasteiger partial charge in [-0.3, -0.25) is 0 Å².